The number of rotatable bonds is 6. The van der Waals surface area contributed by atoms with E-state index >= 15 is 0 Å². The third kappa shape index (κ3) is 5.14. The van der Waals surface area contributed by atoms with Gasteiger partial charge in [0.25, 0.3) is 11.5 Å². The molecule has 0 saturated carbocycles. The van der Waals surface area contributed by atoms with Gasteiger partial charge in [0.05, 0.1) is 5.56 Å². The topological polar surface area (TPSA) is 87.5 Å². The highest BCUT2D eigenvalue weighted by molar-refractivity contribution is 7.13. The smallest absolute Gasteiger partial charge is 0.255 e. The summed E-state index contributed by atoms with van der Waals surface area (Å²) in [5, 5.41) is 4.90. The molecule has 2 aliphatic heterocycles. The average Bonchev–Trinajstić information content (AvgIpc) is 3.44. The van der Waals surface area contributed by atoms with Gasteiger partial charge >= 0.3 is 0 Å². The zero-order chi connectivity index (χ0) is 20.9. The van der Waals surface area contributed by atoms with Crippen LogP contribution in [0.5, 0.6) is 0 Å². The summed E-state index contributed by atoms with van der Waals surface area (Å²) < 4.78 is 1.28. The molecular formula is C21H27N5O3S. The molecule has 0 aliphatic carbocycles. The van der Waals surface area contributed by atoms with Crippen molar-refractivity contribution >= 4 is 28.3 Å². The van der Waals surface area contributed by atoms with Crippen LogP contribution < -0.4 is 10.9 Å². The van der Waals surface area contributed by atoms with Crippen LogP contribution in [0.25, 0.3) is 0 Å². The molecule has 2 saturated heterocycles. The van der Waals surface area contributed by atoms with Crippen LogP contribution in [0.2, 0.25) is 0 Å². The van der Waals surface area contributed by atoms with Gasteiger partial charge in [-0.2, -0.15) is 0 Å². The van der Waals surface area contributed by atoms with Crippen LogP contribution in [0, 0.1) is 5.92 Å². The molecule has 2 amide bonds. The number of aromatic nitrogens is 2. The van der Waals surface area contributed by atoms with E-state index in [9.17, 15) is 14.4 Å². The number of piperidine rings is 1. The minimum Gasteiger partial charge on any atom is -0.338 e. The Morgan fingerprint density at radius 1 is 1.17 bits per heavy atom. The summed E-state index contributed by atoms with van der Waals surface area (Å²) in [4.78, 5) is 45.9. The molecule has 4 heterocycles. The van der Waals surface area contributed by atoms with Crippen molar-refractivity contribution in [1.82, 2.24) is 19.4 Å². The zero-order valence-corrected chi connectivity index (χ0v) is 17.8. The lowest BCUT2D eigenvalue weighted by Gasteiger charge is -2.34. The maximum Gasteiger partial charge on any atom is 0.255 e. The summed E-state index contributed by atoms with van der Waals surface area (Å²) in [6, 6.07) is 2.92. The van der Waals surface area contributed by atoms with Gasteiger partial charge in [-0.25, -0.2) is 4.98 Å². The van der Waals surface area contributed by atoms with E-state index in [0.29, 0.717) is 16.6 Å². The minimum atomic E-state index is -0.347. The van der Waals surface area contributed by atoms with Gasteiger partial charge in [0.2, 0.25) is 5.91 Å². The molecule has 2 aliphatic rings. The molecule has 0 aromatic carbocycles. The fourth-order valence-corrected chi connectivity index (χ4v) is 4.84. The Balaban J connectivity index is 1.40. The predicted molar refractivity (Wildman–Crippen MR) is 116 cm³/mol. The van der Waals surface area contributed by atoms with E-state index in [0.717, 1.165) is 32.5 Å². The predicted octanol–water partition coefficient (Wildman–Crippen LogP) is 1.89. The van der Waals surface area contributed by atoms with E-state index in [1.54, 1.807) is 17.6 Å². The molecule has 1 atom stereocenters. The fraction of sp³-hybridized carbons (Fsp3) is 0.524. The quantitative estimate of drug-likeness (QED) is 0.758. The van der Waals surface area contributed by atoms with Crippen LogP contribution in [0.4, 0.5) is 5.13 Å². The number of hydrogen-bond acceptors (Lipinski definition) is 6. The van der Waals surface area contributed by atoms with Gasteiger partial charge in [0, 0.05) is 43.5 Å². The van der Waals surface area contributed by atoms with E-state index in [1.807, 2.05) is 4.90 Å². The van der Waals surface area contributed by atoms with Crippen molar-refractivity contribution in [1.29, 1.82) is 0 Å². The monoisotopic (exact) mass is 429 g/mol. The first-order valence-electron chi connectivity index (χ1n) is 10.5. The van der Waals surface area contributed by atoms with Gasteiger partial charge < -0.3 is 19.7 Å². The Morgan fingerprint density at radius 3 is 2.77 bits per heavy atom. The first-order chi connectivity index (χ1) is 14.6. The molecule has 0 spiro atoms. The summed E-state index contributed by atoms with van der Waals surface area (Å²) in [5.41, 5.74) is 0.130. The van der Waals surface area contributed by atoms with E-state index in [4.69, 9.17) is 0 Å². The number of nitrogens with zero attached hydrogens (tertiary/aromatic N) is 4. The van der Waals surface area contributed by atoms with Crippen molar-refractivity contribution < 1.29 is 9.59 Å². The van der Waals surface area contributed by atoms with Crippen molar-refractivity contribution in [2.45, 2.75) is 32.2 Å². The van der Waals surface area contributed by atoms with Gasteiger partial charge in [0.15, 0.2) is 5.13 Å². The average molecular weight is 430 g/mol. The largest absolute Gasteiger partial charge is 0.338 e. The van der Waals surface area contributed by atoms with E-state index in [2.05, 4.69) is 15.2 Å². The molecule has 2 fully saturated rings. The van der Waals surface area contributed by atoms with Gasteiger partial charge in [-0.15, -0.1) is 11.3 Å². The Labute approximate surface area is 179 Å². The zero-order valence-electron chi connectivity index (χ0n) is 17.0. The Bertz CT molecular complexity index is 936. The standard InChI is InChI=1S/C21H27N5O3S/c27-18(23-21-22-7-11-30-21)15-26-14-17(5-6-19(26)28)20(29)25-10-3-4-16(13-25)12-24-8-1-2-9-24/h5-7,11,14,16H,1-4,8-10,12-13,15H2,(H,22,23,27)/t16-/m0/s1. The van der Waals surface area contributed by atoms with Gasteiger partial charge in [-0.05, 0) is 50.8 Å². The number of carbonyl (C=O) groups excluding carboxylic acids is 2. The number of carbonyl (C=O) groups is 2. The lowest BCUT2D eigenvalue weighted by molar-refractivity contribution is -0.116. The van der Waals surface area contributed by atoms with Crippen LogP contribution in [-0.4, -0.2) is 63.9 Å². The summed E-state index contributed by atoms with van der Waals surface area (Å²) in [7, 11) is 0. The van der Waals surface area contributed by atoms with Crippen molar-refractivity contribution in [3.63, 3.8) is 0 Å². The summed E-state index contributed by atoms with van der Waals surface area (Å²) >= 11 is 1.31. The number of thiazole rings is 1. The highest BCUT2D eigenvalue weighted by atomic mass is 32.1. The van der Waals surface area contributed by atoms with Crippen molar-refractivity contribution in [3.8, 4) is 0 Å². The molecule has 9 heteroatoms. The maximum absolute atomic E-state index is 13.1. The molecule has 2 aromatic rings. The fourth-order valence-electron chi connectivity index (χ4n) is 4.29. The molecule has 160 valence electrons. The summed E-state index contributed by atoms with van der Waals surface area (Å²) in [6.07, 6.45) is 7.79. The van der Waals surface area contributed by atoms with E-state index in [1.165, 1.54) is 54.1 Å². The molecule has 0 radical (unpaired) electrons. The molecule has 2 aromatic heterocycles. The van der Waals surface area contributed by atoms with Gasteiger partial charge in [-0.1, -0.05) is 0 Å². The molecule has 8 nitrogen and oxygen atoms in total. The second-order valence-corrected chi connectivity index (χ2v) is 8.93. The van der Waals surface area contributed by atoms with Crippen LogP contribution in [0.1, 0.15) is 36.0 Å². The van der Waals surface area contributed by atoms with Crippen LogP contribution >= 0.6 is 11.3 Å². The van der Waals surface area contributed by atoms with Gasteiger partial charge in [0.1, 0.15) is 6.54 Å². The lowest BCUT2D eigenvalue weighted by atomic mass is 9.97. The third-order valence-corrected chi connectivity index (χ3v) is 6.43. The highest BCUT2D eigenvalue weighted by Crippen LogP contribution is 2.21. The Morgan fingerprint density at radius 2 is 2.00 bits per heavy atom. The number of nitrogens with one attached hydrogen (secondary N) is 1. The SMILES string of the molecule is O=C(Cn1cc(C(=O)N2CCC[C@@H](CN3CCCC3)C2)ccc1=O)Nc1nccs1. The molecule has 4 rings (SSSR count). The Hall–Kier alpha value is -2.52. The Kier molecular flexibility index (Phi) is 6.59. The first kappa shape index (κ1) is 20.7. The van der Waals surface area contributed by atoms with Crippen LogP contribution in [-0.2, 0) is 11.3 Å². The van der Waals surface area contributed by atoms with E-state index in [-0.39, 0.29) is 23.9 Å². The van der Waals surface area contributed by atoms with Crippen molar-refractivity contribution in [3.05, 3.63) is 45.8 Å². The molecule has 30 heavy (non-hydrogen) atoms. The number of hydrogen-bond donors (Lipinski definition) is 1. The molecule has 1 N–H and O–H groups in total. The molecule has 0 bridgehead atoms. The molecular weight excluding hydrogens is 402 g/mol. The minimum absolute atomic E-state index is 0.0739. The normalized spacial score (nSPS) is 19.7. The van der Waals surface area contributed by atoms with Crippen LogP contribution in [0.3, 0.4) is 0 Å². The third-order valence-electron chi connectivity index (χ3n) is 5.74. The maximum atomic E-state index is 13.1. The van der Waals surface area contributed by atoms with Crippen molar-refractivity contribution in [2.24, 2.45) is 5.92 Å². The number of amides is 2. The summed E-state index contributed by atoms with van der Waals surface area (Å²) in [6.45, 7) is 4.71. The second-order valence-electron chi connectivity index (χ2n) is 8.04. The second kappa shape index (κ2) is 9.53. The summed E-state index contributed by atoms with van der Waals surface area (Å²) in [5.74, 6) is 0.0753. The first-order valence-corrected chi connectivity index (χ1v) is 11.4. The van der Waals surface area contributed by atoms with Crippen molar-refractivity contribution in [2.75, 3.05) is 38.0 Å². The van der Waals surface area contributed by atoms with E-state index < -0.39 is 0 Å². The lowest BCUT2D eigenvalue weighted by Crippen LogP contribution is -2.43. The van der Waals surface area contributed by atoms with Gasteiger partial charge in [-0.3, -0.25) is 14.4 Å². The number of pyridine rings is 1. The number of anilines is 1. The van der Waals surface area contributed by atoms with Crippen LogP contribution in [0.15, 0.2) is 34.7 Å². The number of likely N-dealkylation sites (tertiary alicyclic amines) is 2. The molecule has 0 unspecified atom stereocenters. The highest BCUT2D eigenvalue weighted by Gasteiger charge is 2.27.